The highest BCUT2D eigenvalue weighted by atomic mass is 32.2. The second kappa shape index (κ2) is 5.86. The molecule has 0 aliphatic carbocycles. The minimum absolute atomic E-state index is 0.305. The van der Waals surface area contributed by atoms with Gasteiger partial charge in [-0.05, 0) is 36.0 Å². The third kappa shape index (κ3) is 3.65. The molecular formula is C13H14F3NOS. The number of rotatable bonds is 3. The lowest BCUT2D eigenvalue weighted by atomic mass is 10.1. The number of alkyl halides is 3. The topological polar surface area (TPSA) is 29.1 Å². The summed E-state index contributed by atoms with van der Waals surface area (Å²) in [6.45, 7) is 0.442. The number of nitrogens with one attached hydrogen (secondary N) is 1. The zero-order valence-corrected chi connectivity index (χ0v) is 11.0. The molecule has 104 valence electrons. The van der Waals surface area contributed by atoms with E-state index in [1.54, 1.807) is 11.8 Å². The number of hydrogen-bond acceptors (Lipinski definition) is 2. The van der Waals surface area contributed by atoms with Gasteiger partial charge in [-0.15, -0.1) is 0 Å². The van der Waals surface area contributed by atoms with Crippen molar-refractivity contribution in [2.24, 2.45) is 5.92 Å². The van der Waals surface area contributed by atoms with Gasteiger partial charge in [0.1, 0.15) is 0 Å². The second-order valence-corrected chi connectivity index (χ2v) is 5.63. The Morgan fingerprint density at radius 2 is 2.11 bits per heavy atom. The normalized spacial score (nSPS) is 19.4. The van der Waals surface area contributed by atoms with E-state index in [1.807, 2.05) is 0 Å². The lowest BCUT2D eigenvalue weighted by Crippen LogP contribution is -2.30. The fourth-order valence-corrected chi connectivity index (χ4v) is 3.29. The van der Waals surface area contributed by atoms with Crippen LogP contribution in [0.5, 0.6) is 0 Å². The number of thioether (sulfide) groups is 1. The lowest BCUT2D eigenvalue weighted by molar-refractivity contribution is -0.137. The average Bonchev–Trinajstić information content (AvgIpc) is 2.88. The average molecular weight is 289 g/mol. The molecule has 1 saturated heterocycles. The third-order valence-corrected chi connectivity index (χ3v) is 4.28. The van der Waals surface area contributed by atoms with Gasteiger partial charge in [-0.1, -0.05) is 12.1 Å². The number of hydrogen-bond donors (Lipinski definition) is 1. The highest BCUT2D eigenvalue weighted by Gasteiger charge is 2.34. The molecule has 0 saturated carbocycles. The van der Waals surface area contributed by atoms with E-state index in [1.165, 1.54) is 18.2 Å². The first-order valence-electron chi connectivity index (χ1n) is 6.00. The van der Waals surface area contributed by atoms with E-state index < -0.39 is 17.6 Å². The summed E-state index contributed by atoms with van der Waals surface area (Å²) in [4.78, 5) is 11.9. The van der Waals surface area contributed by atoms with Crippen LogP contribution in [0, 0.1) is 5.92 Å². The van der Waals surface area contributed by atoms with Gasteiger partial charge in [-0.3, -0.25) is 4.79 Å². The molecule has 0 bridgehead atoms. The summed E-state index contributed by atoms with van der Waals surface area (Å²) < 4.78 is 38.3. The summed E-state index contributed by atoms with van der Waals surface area (Å²) in [7, 11) is 0. The van der Waals surface area contributed by atoms with Crippen molar-refractivity contribution in [2.45, 2.75) is 12.6 Å². The minimum atomic E-state index is -4.50. The van der Waals surface area contributed by atoms with Crippen LogP contribution in [-0.2, 0) is 6.18 Å². The molecule has 1 aromatic carbocycles. The van der Waals surface area contributed by atoms with Gasteiger partial charge in [0.05, 0.1) is 11.1 Å². The third-order valence-electron chi connectivity index (χ3n) is 3.05. The molecule has 1 heterocycles. The first kappa shape index (κ1) is 14.2. The van der Waals surface area contributed by atoms with Crippen molar-refractivity contribution in [1.29, 1.82) is 0 Å². The fourth-order valence-electron chi connectivity index (χ4n) is 2.00. The summed E-state index contributed by atoms with van der Waals surface area (Å²) in [6.07, 6.45) is -3.50. The van der Waals surface area contributed by atoms with Crippen LogP contribution < -0.4 is 5.32 Å². The molecule has 6 heteroatoms. The molecule has 19 heavy (non-hydrogen) atoms. The van der Waals surface area contributed by atoms with Crippen molar-refractivity contribution in [1.82, 2.24) is 5.32 Å². The fraction of sp³-hybridized carbons (Fsp3) is 0.462. The largest absolute Gasteiger partial charge is 0.417 e. The lowest BCUT2D eigenvalue weighted by Gasteiger charge is -2.14. The molecule has 1 fully saturated rings. The van der Waals surface area contributed by atoms with Gasteiger partial charge >= 0.3 is 6.18 Å². The Bertz CT molecular complexity index is 455. The Kier molecular flexibility index (Phi) is 4.39. The van der Waals surface area contributed by atoms with E-state index in [0.29, 0.717) is 12.5 Å². The van der Waals surface area contributed by atoms with Crippen molar-refractivity contribution >= 4 is 17.7 Å². The van der Waals surface area contributed by atoms with Gasteiger partial charge in [0.2, 0.25) is 0 Å². The molecule has 1 aliphatic rings. The summed E-state index contributed by atoms with van der Waals surface area (Å²) >= 11 is 1.81. The maximum Gasteiger partial charge on any atom is 0.417 e. The van der Waals surface area contributed by atoms with Gasteiger partial charge in [-0.25, -0.2) is 0 Å². The minimum Gasteiger partial charge on any atom is -0.352 e. The molecule has 1 aromatic rings. The summed E-state index contributed by atoms with van der Waals surface area (Å²) in [5.74, 6) is 1.73. The van der Waals surface area contributed by atoms with Crippen LogP contribution in [0.2, 0.25) is 0 Å². The first-order valence-corrected chi connectivity index (χ1v) is 7.16. The molecule has 0 spiro atoms. The zero-order valence-electron chi connectivity index (χ0n) is 10.2. The van der Waals surface area contributed by atoms with Crippen molar-refractivity contribution in [2.75, 3.05) is 18.1 Å². The van der Waals surface area contributed by atoms with Gasteiger partial charge < -0.3 is 5.32 Å². The van der Waals surface area contributed by atoms with Crippen molar-refractivity contribution in [3.8, 4) is 0 Å². The Morgan fingerprint density at radius 1 is 1.37 bits per heavy atom. The van der Waals surface area contributed by atoms with Crippen LogP contribution in [0.25, 0.3) is 0 Å². The van der Waals surface area contributed by atoms with Crippen molar-refractivity contribution < 1.29 is 18.0 Å². The predicted molar refractivity (Wildman–Crippen MR) is 69.2 cm³/mol. The van der Waals surface area contributed by atoms with E-state index in [4.69, 9.17) is 0 Å². The molecule has 0 radical (unpaired) electrons. The monoisotopic (exact) mass is 289 g/mol. The number of halogens is 3. The van der Waals surface area contributed by atoms with Crippen molar-refractivity contribution in [3.63, 3.8) is 0 Å². The van der Waals surface area contributed by atoms with Crippen LogP contribution in [-0.4, -0.2) is 24.0 Å². The predicted octanol–water partition coefficient (Wildman–Crippen LogP) is 3.19. The Balaban J connectivity index is 2.06. The molecule has 1 unspecified atom stereocenters. The Labute approximate surface area is 113 Å². The highest BCUT2D eigenvalue weighted by Crippen LogP contribution is 2.31. The summed E-state index contributed by atoms with van der Waals surface area (Å²) in [5, 5.41) is 2.60. The second-order valence-electron chi connectivity index (χ2n) is 4.48. The van der Waals surface area contributed by atoms with Crippen LogP contribution in [0.4, 0.5) is 13.2 Å². The summed E-state index contributed by atoms with van der Waals surface area (Å²) in [5.41, 5.74) is -1.19. The van der Waals surface area contributed by atoms with Gasteiger partial charge in [0.15, 0.2) is 0 Å². The Hall–Kier alpha value is -1.17. The van der Waals surface area contributed by atoms with Gasteiger partial charge in [-0.2, -0.15) is 24.9 Å². The summed E-state index contributed by atoms with van der Waals surface area (Å²) in [6, 6.07) is 4.87. The SMILES string of the molecule is O=C(NCC1CCSC1)c1ccccc1C(F)(F)F. The van der Waals surface area contributed by atoms with Gasteiger partial charge in [0.25, 0.3) is 5.91 Å². The smallest absolute Gasteiger partial charge is 0.352 e. The molecule has 1 N–H and O–H groups in total. The number of benzene rings is 1. The van der Waals surface area contributed by atoms with E-state index in [-0.39, 0.29) is 5.56 Å². The highest BCUT2D eigenvalue weighted by molar-refractivity contribution is 7.99. The molecule has 1 amide bonds. The van der Waals surface area contributed by atoms with Crippen LogP contribution in [0.1, 0.15) is 22.3 Å². The number of carbonyl (C=O) groups excluding carboxylic acids is 1. The van der Waals surface area contributed by atoms with Crippen LogP contribution >= 0.6 is 11.8 Å². The van der Waals surface area contributed by atoms with E-state index in [2.05, 4.69) is 5.32 Å². The van der Waals surface area contributed by atoms with Crippen LogP contribution in [0.3, 0.4) is 0 Å². The molecule has 2 rings (SSSR count). The van der Waals surface area contributed by atoms with Crippen molar-refractivity contribution in [3.05, 3.63) is 35.4 Å². The molecule has 0 aromatic heterocycles. The standard InChI is InChI=1S/C13H14F3NOS/c14-13(15,16)11-4-2-1-3-10(11)12(18)17-7-9-5-6-19-8-9/h1-4,9H,5-8H2,(H,17,18). The molecule has 2 nitrogen and oxygen atoms in total. The van der Waals surface area contributed by atoms with E-state index >= 15 is 0 Å². The molecular weight excluding hydrogens is 275 g/mol. The Morgan fingerprint density at radius 3 is 2.74 bits per heavy atom. The quantitative estimate of drug-likeness (QED) is 0.926. The first-order chi connectivity index (χ1) is 8.98. The van der Waals surface area contributed by atoms with E-state index in [9.17, 15) is 18.0 Å². The van der Waals surface area contributed by atoms with E-state index in [0.717, 1.165) is 24.0 Å². The van der Waals surface area contributed by atoms with Gasteiger partial charge in [0, 0.05) is 6.54 Å². The number of amides is 1. The maximum absolute atomic E-state index is 12.8. The number of carbonyl (C=O) groups is 1. The molecule has 1 atom stereocenters. The van der Waals surface area contributed by atoms with Crippen LogP contribution in [0.15, 0.2) is 24.3 Å². The maximum atomic E-state index is 12.8. The zero-order chi connectivity index (χ0) is 13.9. The molecule has 1 aliphatic heterocycles.